The number of nitrogens with one attached hydrogen (secondary N) is 1. The van der Waals surface area contributed by atoms with Crippen LogP contribution in [0.1, 0.15) is 17.9 Å². The molecule has 1 fully saturated rings. The predicted molar refractivity (Wildman–Crippen MR) is 58.9 cm³/mol. The molecule has 2 rings (SSSR count). The molecule has 1 saturated carbocycles. The molecule has 0 aliphatic heterocycles. The lowest BCUT2D eigenvalue weighted by molar-refractivity contribution is 0.698. The third kappa shape index (κ3) is 2.12. The van der Waals surface area contributed by atoms with E-state index >= 15 is 0 Å². The second kappa shape index (κ2) is 3.81. The van der Waals surface area contributed by atoms with Gasteiger partial charge >= 0.3 is 0 Å². The minimum absolute atomic E-state index is 0.806. The molecule has 13 heavy (non-hydrogen) atoms. The molecule has 2 atom stereocenters. The lowest BCUT2D eigenvalue weighted by Gasteiger charge is -2.00. The van der Waals surface area contributed by atoms with E-state index in [1.165, 1.54) is 16.5 Å². The molecule has 1 aromatic rings. The summed E-state index contributed by atoms with van der Waals surface area (Å²) in [5.41, 5.74) is 1.49. The van der Waals surface area contributed by atoms with E-state index in [0.29, 0.717) is 0 Å². The summed E-state index contributed by atoms with van der Waals surface area (Å²) < 4.78 is 1.17. The fourth-order valence-corrected chi connectivity index (χ4v) is 2.12. The van der Waals surface area contributed by atoms with Gasteiger partial charge in [-0.05, 0) is 49.5 Å². The Morgan fingerprint density at radius 2 is 2.08 bits per heavy atom. The Morgan fingerprint density at radius 3 is 2.69 bits per heavy atom. The molecular weight excluding hydrogens is 226 g/mol. The summed E-state index contributed by atoms with van der Waals surface area (Å²) in [5, 5.41) is 3.23. The van der Waals surface area contributed by atoms with Crippen molar-refractivity contribution < 1.29 is 0 Å². The highest BCUT2D eigenvalue weighted by Crippen LogP contribution is 2.46. The standard InChI is InChI=1S/C11H14BrN/c1-13-7-9-6-11(9)8-2-4-10(12)5-3-8/h2-5,9,11,13H,6-7H2,1H3/t9-,11-/m0/s1. The van der Waals surface area contributed by atoms with E-state index in [9.17, 15) is 0 Å². The molecule has 0 spiro atoms. The van der Waals surface area contributed by atoms with E-state index in [-0.39, 0.29) is 0 Å². The van der Waals surface area contributed by atoms with Crippen LogP contribution >= 0.6 is 15.9 Å². The Labute approximate surface area is 87.7 Å². The number of hydrogen-bond donors (Lipinski definition) is 1. The van der Waals surface area contributed by atoms with Crippen molar-refractivity contribution in [2.24, 2.45) is 5.92 Å². The fourth-order valence-electron chi connectivity index (χ4n) is 1.85. The van der Waals surface area contributed by atoms with Crippen molar-refractivity contribution in [2.45, 2.75) is 12.3 Å². The zero-order chi connectivity index (χ0) is 9.26. The van der Waals surface area contributed by atoms with E-state index in [0.717, 1.165) is 18.4 Å². The first-order valence-electron chi connectivity index (χ1n) is 4.71. The minimum atomic E-state index is 0.806. The molecular formula is C11H14BrN. The Bertz CT molecular complexity index is 281. The number of hydrogen-bond acceptors (Lipinski definition) is 1. The Kier molecular flexibility index (Phi) is 2.70. The Hall–Kier alpha value is -0.340. The highest BCUT2D eigenvalue weighted by atomic mass is 79.9. The van der Waals surface area contributed by atoms with Crippen molar-refractivity contribution >= 4 is 15.9 Å². The van der Waals surface area contributed by atoms with Crippen LogP contribution in [0.5, 0.6) is 0 Å². The first-order chi connectivity index (χ1) is 6.31. The highest BCUT2D eigenvalue weighted by Gasteiger charge is 2.37. The van der Waals surface area contributed by atoms with Crippen molar-refractivity contribution in [1.29, 1.82) is 0 Å². The summed E-state index contributed by atoms with van der Waals surface area (Å²) in [6.45, 7) is 1.15. The summed E-state index contributed by atoms with van der Waals surface area (Å²) in [7, 11) is 2.02. The van der Waals surface area contributed by atoms with E-state index in [4.69, 9.17) is 0 Å². The van der Waals surface area contributed by atoms with Crippen LogP contribution in [0, 0.1) is 5.92 Å². The number of halogens is 1. The molecule has 1 N–H and O–H groups in total. The zero-order valence-electron chi connectivity index (χ0n) is 7.76. The van der Waals surface area contributed by atoms with Gasteiger partial charge in [-0.2, -0.15) is 0 Å². The SMILES string of the molecule is CNC[C@@H]1C[C@H]1c1ccc(Br)cc1. The van der Waals surface area contributed by atoms with Gasteiger partial charge in [0.1, 0.15) is 0 Å². The molecule has 0 unspecified atom stereocenters. The van der Waals surface area contributed by atoms with Gasteiger partial charge in [0.25, 0.3) is 0 Å². The van der Waals surface area contributed by atoms with Gasteiger partial charge in [-0.1, -0.05) is 28.1 Å². The second-order valence-corrected chi connectivity index (χ2v) is 4.63. The Morgan fingerprint density at radius 1 is 1.38 bits per heavy atom. The quantitative estimate of drug-likeness (QED) is 0.856. The van der Waals surface area contributed by atoms with E-state index < -0.39 is 0 Å². The number of benzene rings is 1. The summed E-state index contributed by atoms with van der Waals surface area (Å²) >= 11 is 3.45. The summed E-state index contributed by atoms with van der Waals surface area (Å²) in [5.74, 6) is 1.67. The molecule has 0 aromatic heterocycles. The lowest BCUT2D eigenvalue weighted by atomic mass is 10.1. The van der Waals surface area contributed by atoms with Crippen LogP contribution < -0.4 is 5.32 Å². The Balaban J connectivity index is 2.00. The van der Waals surface area contributed by atoms with Gasteiger partial charge in [0.05, 0.1) is 0 Å². The van der Waals surface area contributed by atoms with Gasteiger partial charge in [0.15, 0.2) is 0 Å². The number of rotatable bonds is 3. The van der Waals surface area contributed by atoms with Gasteiger partial charge in [-0.25, -0.2) is 0 Å². The first kappa shape index (κ1) is 9.22. The minimum Gasteiger partial charge on any atom is -0.319 e. The van der Waals surface area contributed by atoms with Crippen LogP contribution in [-0.2, 0) is 0 Å². The average molecular weight is 240 g/mol. The molecule has 0 saturated heterocycles. The third-order valence-electron chi connectivity index (χ3n) is 2.69. The normalized spacial score (nSPS) is 26.0. The summed E-state index contributed by atoms with van der Waals surface area (Å²) in [6, 6.07) is 8.71. The van der Waals surface area contributed by atoms with E-state index in [2.05, 4.69) is 45.5 Å². The molecule has 2 heteroatoms. The smallest absolute Gasteiger partial charge is 0.0175 e. The first-order valence-corrected chi connectivity index (χ1v) is 5.50. The van der Waals surface area contributed by atoms with Crippen molar-refractivity contribution in [3.8, 4) is 0 Å². The highest BCUT2D eigenvalue weighted by molar-refractivity contribution is 9.10. The molecule has 0 heterocycles. The largest absolute Gasteiger partial charge is 0.319 e. The molecule has 0 radical (unpaired) electrons. The van der Waals surface area contributed by atoms with Gasteiger partial charge in [-0.3, -0.25) is 0 Å². The van der Waals surface area contributed by atoms with E-state index in [1.54, 1.807) is 0 Å². The molecule has 0 bridgehead atoms. The molecule has 70 valence electrons. The maximum absolute atomic E-state index is 3.45. The van der Waals surface area contributed by atoms with Crippen LogP contribution in [0.4, 0.5) is 0 Å². The van der Waals surface area contributed by atoms with Crippen LogP contribution in [0.2, 0.25) is 0 Å². The van der Waals surface area contributed by atoms with Crippen molar-refractivity contribution in [3.05, 3.63) is 34.3 Å². The summed E-state index contributed by atoms with van der Waals surface area (Å²) in [6.07, 6.45) is 1.35. The van der Waals surface area contributed by atoms with Gasteiger partial charge in [0.2, 0.25) is 0 Å². The molecule has 1 aromatic carbocycles. The van der Waals surface area contributed by atoms with Gasteiger partial charge in [0, 0.05) is 4.47 Å². The van der Waals surface area contributed by atoms with Crippen LogP contribution in [0.25, 0.3) is 0 Å². The topological polar surface area (TPSA) is 12.0 Å². The maximum atomic E-state index is 3.45. The second-order valence-electron chi connectivity index (χ2n) is 3.71. The van der Waals surface area contributed by atoms with Crippen molar-refractivity contribution in [2.75, 3.05) is 13.6 Å². The van der Waals surface area contributed by atoms with Gasteiger partial charge in [-0.15, -0.1) is 0 Å². The van der Waals surface area contributed by atoms with E-state index in [1.807, 2.05) is 7.05 Å². The molecule has 0 amide bonds. The third-order valence-corrected chi connectivity index (χ3v) is 3.22. The monoisotopic (exact) mass is 239 g/mol. The average Bonchev–Trinajstić information content (AvgIpc) is 2.86. The predicted octanol–water partition coefficient (Wildman–Crippen LogP) is 2.77. The molecule has 1 nitrogen and oxygen atoms in total. The van der Waals surface area contributed by atoms with Crippen molar-refractivity contribution in [1.82, 2.24) is 5.32 Å². The van der Waals surface area contributed by atoms with Crippen LogP contribution in [-0.4, -0.2) is 13.6 Å². The van der Waals surface area contributed by atoms with Crippen LogP contribution in [0.3, 0.4) is 0 Å². The maximum Gasteiger partial charge on any atom is 0.0175 e. The molecule has 1 aliphatic carbocycles. The lowest BCUT2D eigenvalue weighted by Crippen LogP contribution is -2.10. The van der Waals surface area contributed by atoms with Gasteiger partial charge < -0.3 is 5.32 Å². The molecule has 1 aliphatic rings. The van der Waals surface area contributed by atoms with Crippen LogP contribution in [0.15, 0.2) is 28.7 Å². The van der Waals surface area contributed by atoms with Crippen molar-refractivity contribution in [3.63, 3.8) is 0 Å². The zero-order valence-corrected chi connectivity index (χ0v) is 9.34. The fraction of sp³-hybridized carbons (Fsp3) is 0.455. The summed E-state index contributed by atoms with van der Waals surface area (Å²) in [4.78, 5) is 0.